The molecule has 2 aromatic rings. The first-order chi connectivity index (χ1) is 8.74. The van der Waals surface area contributed by atoms with Crippen LogP contribution < -0.4 is 10.1 Å². The standard InChI is InChI=1S/C13H14FN3O/c1-3-11-12(15-2)16-8-17-13(11)18-10-6-4-5-9(14)7-10/h4-8H,3H2,1-2H3,(H,15,16,17). The minimum absolute atomic E-state index is 0.339. The van der Waals surface area contributed by atoms with Gasteiger partial charge in [-0.25, -0.2) is 14.4 Å². The van der Waals surface area contributed by atoms with E-state index < -0.39 is 0 Å². The Hall–Kier alpha value is -2.17. The Morgan fingerprint density at radius 2 is 2.17 bits per heavy atom. The van der Waals surface area contributed by atoms with E-state index in [2.05, 4.69) is 15.3 Å². The van der Waals surface area contributed by atoms with Crippen LogP contribution in [0.5, 0.6) is 11.6 Å². The fourth-order valence-electron chi connectivity index (χ4n) is 1.66. The Bertz CT molecular complexity index is 546. The summed E-state index contributed by atoms with van der Waals surface area (Å²) in [5, 5.41) is 2.98. The number of ether oxygens (including phenoxy) is 1. The van der Waals surface area contributed by atoms with Crippen molar-refractivity contribution in [3.63, 3.8) is 0 Å². The molecule has 0 saturated carbocycles. The second-order valence-corrected chi connectivity index (χ2v) is 3.67. The highest BCUT2D eigenvalue weighted by Gasteiger charge is 2.10. The van der Waals surface area contributed by atoms with Gasteiger partial charge in [-0.3, -0.25) is 0 Å². The fourth-order valence-corrected chi connectivity index (χ4v) is 1.66. The molecule has 4 nitrogen and oxygen atoms in total. The van der Waals surface area contributed by atoms with E-state index in [1.54, 1.807) is 19.2 Å². The average molecular weight is 247 g/mol. The van der Waals surface area contributed by atoms with Crippen molar-refractivity contribution in [3.8, 4) is 11.6 Å². The Morgan fingerprint density at radius 3 is 2.83 bits per heavy atom. The molecule has 0 spiro atoms. The smallest absolute Gasteiger partial charge is 0.227 e. The van der Waals surface area contributed by atoms with E-state index in [1.807, 2.05) is 6.92 Å². The van der Waals surface area contributed by atoms with Gasteiger partial charge >= 0.3 is 0 Å². The lowest BCUT2D eigenvalue weighted by Crippen LogP contribution is -2.02. The van der Waals surface area contributed by atoms with Crippen LogP contribution >= 0.6 is 0 Å². The first kappa shape index (κ1) is 12.3. The van der Waals surface area contributed by atoms with Crippen LogP contribution in [-0.4, -0.2) is 17.0 Å². The van der Waals surface area contributed by atoms with Gasteiger partial charge in [0.25, 0.3) is 0 Å². The molecule has 18 heavy (non-hydrogen) atoms. The summed E-state index contributed by atoms with van der Waals surface area (Å²) in [7, 11) is 1.79. The molecule has 0 aliphatic heterocycles. The zero-order valence-electron chi connectivity index (χ0n) is 10.3. The molecule has 2 rings (SSSR count). The Balaban J connectivity index is 2.34. The van der Waals surface area contributed by atoms with Gasteiger partial charge in [0.15, 0.2) is 0 Å². The number of halogens is 1. The number of hydrogen-bond acceptors (Lipinski definition) is 4. The fraction of sp³-hybridized carbons (Fsp3) is 0.231. The van der Waals surface area contributed by atoms with Crippen LogP contribution in [0.15, 0.2) is 30.6 Å². The highest BCUT2D eigenvalue weighted by Crippen LogP contribution is 2.27. The molecule has 0 aliphatic carbocycles. The Kier molecular flexibility index (Phi) is 3.72. The number of anilines is 1. The van der Waals surface area contributed by atoms with Gasteiger partial charge in [0.05, 0.1) is 5.56 Å². The van der Waals surface area contributed by atoms with Crippen LogP contribution in [0.1, 0.15) is 12.5 Å². The lowest BCUT2D eigenvalue weighted by Gasteiger charge is -2.11. The summed E-state index contributed by atoms with van der Waals surface area (Å²) in [4.78, 5) is 8.20. The summed E-state index contributed by atoms with van der Waals surface area (Å²) in [5.41, 5.74) is 0.865. The summed E-state index contributed by atoms with van der Waals surface area (Å²) in [6, 6.07) is 5.97. The minimum atomic E-state index is -0.339. The highest BCUT2D eigenvalue weighted by molar-refractivity contribution is 5.49. The first-order valence-corrected chi connectivity index (χ1v) is 5.69. The van der Waals surface area contributed by atoms with Crippen molar-refractivity contribution < 1.29 is 9.13 Å². The first-order valence-electron chi connectivity index (χ1n) is 5.69. The molecule has 1 aromatic carbocycles. The lowest BCUT2D eigenvalue weighted by molar-refractivity contribution is 0.451. The predicted octanol–water partition coefficient (Wildman–Crippen LogP) is 3.01. The number of hydrogen-bond donors (Lipinski definition) is 1. The van der Waals surface area contributed by atoms with Crippen molar-refractivity contribution in [3.05, 3.63) is 42.0 Å². The van der Waals surface area contributed by atoms with Gasteiger partial charge in [-0.05, 0) is 18.6 Å². The van der Waals surface area contributed by atoms with E-state index in [1.165, 1.54) is 18.5 Å². The summed E-state index contributed by atoms with van der Waals surface area (Å²) in [6.45, 7) is 1.98. The van der Waals surface area contributed by atoms with E-state index in [4.69, 9.17) is 4.74 Å². The van der Waals surface area contributed by atoms with Crippen LogP contribution in [0.25, 0.3) is 0 Å². The zero-order valence-corrected chi connectivity index (χ0v) is 10.3. The number of aromatic nitrogens is 2. The van der Waals surface area contributed by atoms with E-state index in [0.29, 0.717) is 11.6 Å². The van der Waals surface area contributed by atoms with E-state index in [0.717, 1.165) is 17.8 Å². The van der Waals surface area contributed by atoms with Crippen molar-refractivity contribution in [2.24, 2.45) is 0 Å². The number of nitrogens with one attached hydrogen (secondary N) is 1. The van der Waals surface area contributed by atoms with Crippen molar-refractivity contribution in [2.75, 3.05) is 12.4 Å². The van der Waals surface area contributed by atoms with Gasteiger partial charge < -0.3 is 10.1 Å². The van der Waals surface area contributed by atoms with E-state index >= 15 is 0 Å². The number of rotatable bonds is 4. The minimum Gasteiger partial charge on any atom is -0.438 e. The Morgan fingerprint density at radius 1 is 1.33 bits per heavy atom. The molecule has 0 aliphatic rings. The van der Waals surface area contributed by atoms with Crippen LogP contribution in [0.4, 0.5) is 10.2 Å². The maximum atomic E-state index is 13.1. The molecule has 1 aromatic heterocycles. The SMILES string of the molecule is CCc1c(NC)ncnc1Oc1cccc(F)c1. The molecule has 1 N–H and O–H groups in total. The molecule has 94 valence electrons. The summed E-state index contributed by atoms with van der Waals surface area (Å²) in [6.07, 6.45) is 2.14. The molecular weight excluding hydrogens is 233 g/mol. The van der Waals surface area contributed by atoms with Gasteiger partial charge in [-0.15, -0.1) is 0 Å². The molecule has 1 heterocycles. The topological polar surface area (TPSA) is 47.0 Å². The lowest BCUT2D eigenvalue weighted by atomic mass is 10.2. The van der Waals surface area contributed by atoms with E-state index in [-0.39, 0.29) is 5.82 Å². The van der Waals surface area contributed by atoms with Crippen molar-refractivity contribution >= 4 is 5.82 Å². The quantitative estimate of drug-likeness (QED) is 0.902. The van der Waals surface area contributed by atoms with Gasteiger partial charge in [-0.2, -0.15) is 0 Å². The second kappa shape index (κ2) is 5.44. The normalized spacial score (nSPS) is 10.2. The van der Waals surface area contributed by atoms with Gasteiger partial charge in [-0.1, -0.05) is 13.0 Å². The van der Waals surface area contributed by atoms with Gasteiger partial charge in [0.2, 0.25) is 5.88 Å². The monoisotopic (exact) mass is 247 g/mol. The summed E-state index contributed by atoms with van der Waals surface area (Å²) >= 11 is 0. The summed E-state index contributed by atoms with van der Waals surface area (Å²) in [5.74, 6) is 1.25. The van der Waals surface area contributed by atoms with E-state index in [9.17, 15) is 4.39 Å². The maximum absolute atomic E-state index is 13.1. The highest BCUT2D eigenvalue weighted by atomic mass is 19.1. The number of benzene rings is 1. The van der Waals surface area contributed by atoms with Gasteiger partial charge in [0.1, 0.15) is 23.7 Å². The molecule has 0 bridgehead atoms. The molecule has 0 amide bonds. The zero-order chi connectivity index (χ0) is 13.0. The van der Waals surface area contributed by atoms with Crippen molar-refractivity contribution in [1.29, 1.82) is 0 Å². The van der Waals surface area contributed by atoms with Gasteiger partial charge in [0, 0.05) is 13.1 Å². The van der Waals surface area contributed by atoms with Crippen molar-refractivity contribution in [2.45, 2.75) is 13.3 Å². The second-order valence-electron chi connectivity index (χ2n) is 3.67. The Labute approximate surface area is 105 Å². The third kappa shape index (κ3) is 2.56. The third-order valence-electron chi connectivity index (χ3n) is 2.51. The van der Waals surface area contributed by atoms with Crippen molar-refractivity contribution in [1.82, 2.24) is 9.97 Å². The average Bonchev–Trinajstić information content (AvgIpc) is 2.38. The van der Waals surface area contributed by atoms with Crippen LogP contribution in [-0.2, 0) is 6.42 Å². The molecule has 0 radical (unpaired) electrons. The largest absolute Gasteiger partial charge is 0.438 e. The maximum Gasteiger partial charge on any atom is 0.227 e. The molecule has 0 unspecified atom stereocenters. The molecular formula is C13H14FN3O. The molecule has 5 heteroatoms. The summed E-state index contributed by atoms with van der Waals surface area (Å²) < 4.78 is 18.7. The molecule has 0 fully saturated rings. The number of nitrogens with zero attached hydrogens (tertiary/aromatic N) is 2. The molecule has 0 atom stereocenters. The third-order valence-corrected chi connectivity index (χ3v) is 2.51. The predicted molar refractivity (Wildman–Crippen MR) is 67.4 cm³/mol. The van der Waals surface area contributed by atoms with Crippen LogP contribution in [0, 0.1) is 5.82 Å². The molecule has 0 saturated heterocycles. The van der Waals surface area contributed by atoms with Crippen LogP contribution in [0.3, 0.4) is 0 Å². The van der Waals surface area contributed by atoms with Crippen LogP contribution in [0.2, 0.25) is 0 Å².